The van der Waals surface area contributed by atoms with E-state index < -0.39 is 6.10 Å². The van der Waals surface area contributed by atoms with Crippen molar-refractivity contribution in [2.24, 2.45) is 0 Å². The molecule has 2 atom stereocenters. The summed E-state index contributed by atoms with van der Waals surface area (Å²) in [5, 5.41) is 12.9. The largest absolute Gasteiger partial charge is 0.390 e. The first-order valence-electron chi connectivity index (χ1n) is 5.91. The van der Waals surface area contributed by atoms with E-state index in [4.69, 9.17) is 11.9 Å². The molecule has 0 amide bonds. The normalized spacial score (nSPS) is 15.8. The van der Waals surface area contributed by atoms with Gasteiger partial charge in [0.05, 0.1) is 30.6 Å². The molecule has 0 aliphatic heterocycles. The highest BCUT2D eigenvalue weighted by Crippen LogP contribution is 1.99. The SMILES string of the molecule is C\C=C/C=C\C=C/N(C)CC(O)C(COCl)NC. The molecule has 0 saturated heterocycles. The standard InChI is InChI=1S/C13H23ClN2O2/c1-4-5-6-7-8-9-16(3)10-13(17)12(15-2)11-18-14/h4-9,12-13,15,17H,10-11H2,1-3H3/b5-4-,7-6-,9-8-. The molecule has 0 aromatic rings. The Hall–Kier alpha value is -0.810. The van der Waals surface area contributed by atoms with Gasteiger partial charge in [-0.3, -0.25) is 4.29 Å². The summed E-state index contributed by atoms with van der Waals surface area (Å²) in [4.78, 5) is 1.91. The number of rotatable bonds is 9. The van der Waals surface area contributed by atoms with Crippen LogP contribution < -0.4 is 5.32 Å². The molecule has 0 aliphatic rings. The molecule has 2 unspecified atom stereocenters. The molecule has 0 rings (SSSR count). The average Bonchev–Trinajstić information content (AvgIpc) is 2.35. The summed E-state index contributed by atoms with van der Waals surface area (Å²) < 4.78 is 4.52. The number of likely N-dealkylation sites (N-methyl/N-ethyl adjacent to an activating group) is 2. The lowest BCUT2D eigenvalue weighted by Gasteiger charge is -2.25. The molecule has 0 fully saturated rings. The number of allylic oxidation sites excluding steroid dienone is 5. The molecule has 5 heteroatoms. The van der Waals surface area contributed by atoms with Crippen LogP contribution in [0.3, 0.4) is 0 Å². The second kappa shape index (κ2) is 11.3. The first-order valence-corrected chi connectivity index (χ1v) is 6.21. The molecule has 4 nitrogen and oxygen atoms in total. The average molecular weight is 275 g/mol. The number of aliphatic hydroxyl groups is 1. The molecule has 0 radical (unpaired) electrons. The summed E-state index contributed by atoms with van der Waals surface area (Å²) in [7, 11) is 3.66. The van der Waals surface area contributed by atoms with E-state index in [2.05, 4.69) is 9.61 Å². The summed E-state index contributed by atoms with van der Waals surface area (Å²) in [6.45, 7) is 2.73. The van der Waals surface area contributed by atoms with E-state index in [1.807, 2.05) is 55.5 Å². The molecule has 0 aromatic heterocycles. The molecule has 0 saturated carbocycles. The maximum Gasteiger partial charge on any atom is 0.0890 e. The molecule has 104 valence electrons. The minimum absolute atomic E-state index is 0.183. The zero-order valence-electron chi connectivity index (χ0n) is 11.2. The van der Waals surface area contributed by atoms with E-state index in [1.54, 1.807) is 7.05 Å². The monoisotopic (exact) mass is 274 g/mol. The van der Waals surface area contributed by atoms with Crippen molar-refractivity contribution in [1.82, 2.24) is 10.2 Å². The smallest absolute Gasteiger partial charge is 0.0890 e. The summed E-state index contributed by atoms with van der Waals surface area (Å²) in [5.74, 6) is 0. The van der Waals surface area contributed by atoms with Crippen molar-refractivity contribution in [3.8, 4) is 0 Å². The quantitative estimate of drug-likeness (QED) is 0.628. The van der Waals surface area contributed by atoms with Gasteiger partial charge in [-0.05, 0) is 26.2 Å². The summed E-state index contributed by atoms with van der Waals surface area (Å²) in [6.07, 6.45) is 11.0. The van der Waals surface area contributed by atoms with Gasteiger partial charge >= 0.3 is 0 Å². The maximum absolute atomic E-state index is 9.95. The van der Waals surface area contributed by atoms with Gasteiger partial charge in [0, 0.05) is 13.6 Å². The van der Waals surface area contributed by atoms with Crippen molar-refractivity contribution >= 4 is 11.9 Å². The highest BCUT2D eigenvalue weighted by molar-refractivity contribution is 6.07. The highest BCUT2D eigenvalue weighted by atomic mass is 35.5. The number of halogens is 1. The van der Waals surface area contributed by atoms with Crippen molar-refractivity contribution < 1.29 is 9.40 Å². The zero-order valence-corrected chi connectivity index (χ0v) is 12.0. The third-order valence-electron chi connectivity index (χ3n) is 2.42. The Labute approximate surface area is 115 Å². The van der Waals surface area contributed by atoms with Crippen LogP contribution in [0.4, 0.5) is 0 Å². The van der Waals surface area contributed by atoms with E-state index in [-0.39, 0.29) is 12.6 Å². The van der Waals surface area contributed by atoms with Gasteiger partial charge in [-0.2, -0.15) is 0 Å². The van der Waals surface area contributed by atoms with Crippen molar-refractivity contribution in [2.45, 2.75) is 19.1 Å². The van der Waals surface area contributed by atoms with Crippen molar-refractivity contribution in [3.63, 3.8) is 0 Å². The molecule has 0 bridgehead atoms. The minimum atomic E-state index is -0.553. The number of nitrogens with zero attached hydrogens (tertiary/aromatic N) is 1. The van der Waals surface area contributed by atoms with E-state index in [0.29, 0.717) is 6.54 Å². The van der Waals surface area contributed by atoms with Crippen LogP contribution in [0.1, 0.15) is 6.92 Å². The molecule has 2 N–H and O–H groups in total. The predicted octanol–water partition coefficient (Wildman–Crippen LogP) is 1.68. The second-order valence-electron chi connectivity index (χ2n) is 3.93. The fourth-order valence-corrected chi connectivity index (χ4v) is 1.51. The van der Waals surface area contributed by atoms with Crippen LogP contribution in [0.15, 0.2) is 36.6 Å². The van der Waals surface area contributed by atoms with E-state index >= 15 is 0 Å². The molecular weight excluding hydrogens is 252 g/mol. The van der Waals surface area contributed by atoms with Gasteiger partial charge in [-0.15, -0.1) is 0 Å². The molecule has 0 spiro atoms. The number of aliphatic hydroxyl groups excluding tert-OH is 1. The van der Waals surface area contributed by atoms with Crippen molar-refractivity contribution in [2.75, 3.05) is 27.2 Å². The van der Waals surface area contributed by atoms with Gasteiger partial charge in [0.2, 0.25) is 0 Å². The van der Waals surface area contributed by atoms with Gasteiger partial charge in [0.25, 0.3) is 0 Å². The van der Waals surface area contributed by atoms with Crippen LogP contribution in [0.25, 0.3) is 0 Å². The van der Waals surface area contributed by atoms with E-state index in [9.17, 15) is 5.11 Å². The van der Waals surface area contributed by atoms with Crippen LogP contribution in [0.2, 0.25) is 0 Å². The molecule has 18 heavy (non-hydrogen) atoms. The van der Waals surface area contributed by atoms with Crippen LogP contribution in [-0.4, -0.2) is 49.4 Å². The Morgan fingerprint density at radius 3 is 2.56 bits per heavy atom. The fourth-order valence-electron chi connectivity index (χ4n) is 1.37. The van der Waals surface area contributed by atoms with Crippen LogP contribution >= 0.6 is 11.9 Å². The Balaban J connectivity index is 4.09. The Kier molecular flexibility index (Phi) is 10.8. The van der Waals surface area contributed by atoms with Gasteiger partial charge in [-0.25, -0.2) is 0 Å². The van der Waals surface area contributed by atoms with Gasteiger partial charge in [0.1, 0.15) is 0 Å². The molecule has 0 aliphatic carbocycles. The first kappa shape index (κ1) is 17.2. The lowest BCUT2D eigenvalue weighted by atomic mass is 10.1. The highest BCUT2D eigenvalue weighted by Gasteiger charge is 2.18. The third kappa shape index (κ3) is 8.31. The van der Waals surface area contributed by atoms with E-state index in [0.717, 1.165) is 0 Å². The van der Waals surface area contributed by atoms with E-state index in [1.165, 1.54) is 0 Å². The van der Waals surface area contributed by atoms with Crippen LogP contribution in [0.5, 0.6) is 0 Å². The summed E-state index contributed by atoms with van der Waals surface area (Å²) in [6, 6.07) is -0.183. The van der Waals surface area contributed by atoms with Gasteiger partial charge in [0.15, 0.2) is 0 Å². The predicted molar refractivity (Wildman–Crippen MR) is 76.4 cm³/mol. The maximum atomic E-state index is 9.95. The lowest BCUT2D eigenvalue weighted by molar-refractivity contribution is 0.0840. The molecule has 0 aromatic carbocycles. The fraction of sp³-hybridized carbons (Fsp3) is 0.538. The Bertz CT molecular complexity index is 280. The number of hydrogen-bond donors (Lipinski definition) is 2. The van der Waals surface area contributed by atoms with Crippen molar-refractivity contribution in [3.05, 3.63) is 36.6 Å². The number of hydrogen-bond acceptors (Lipinski definition) is 4. The van der Waals surface area contributed by atoms with Crippen molar-refractivity contribution in [1.29, 1.82) is 0 Å². The number of nitrogens with one attached hydrogen (secondary N) is 1. The third-order valence-corrected chi connectivity index (χ3v) is 2.55. The molecular formula is C13H23ClN2O2. The minimum Gasteiger partial charge on any atom is -0.390 e. The Morgan fingerprint density at radius 2 is 2.00 bits per heavy atom. The van der Waals surface area contributed by atoms with Gasteiger partial charge < -0.3 is 15.3 Å². The lowest BCUT2D eigenvalue weighted by Crippen LogP contribution is -2.45. The topological polar surface area (TPSA) is 44.7 Å². The van der Waals surface area contributed by atoms with Gasteiger partial charge in [-0.1, -0.05) is 24.3 Å². The zero-order chi connectivity index (χ0) is 13.8. The first-order chi connectivity index (χ1) is 8.65. The Morgan fingerprint density at radius 1 is 1.33 bits per heavy atom. The summed E-state index contributed by atoms with van der Waals surface area (Å²) in [5.41, 5.74) is 0. The molecule has 0 heterocycles. The summed E-state index contributed by atoms with van der Waals surface area (Å²) >= 11 is 5.19. The second-order valence-corrected chi connectivity index (χ2v) is 4.15. The van der Waals surface area contributed by atoms with Crippen LogP contribution in [-0.2, 0) is 4.29 Å². The van der Waals surface area contributed by atoms with Crippen LogP contribution in [0, 0.1) is 0 Å².